The van der Waals surface area contributed by atoms with E-state index in [1.54, 1.807) is 0 Å². The fraction of sp³-hybridized carbons (Fsp3) is 0.778. The lowest BCUT2D eigenvalue weighted by atomic mass is 10.2. The SMILES string of the molecule is CC(=O)NCc1nnnn1C1CCCC1. The maximum Gasteiger partial charge on any atom is 0.217 e. The second-order valence-corrected chi connectivity index (χ2v) is 3.89. The minimum atomic E-state index is -0.0593. The van der Waals surface area contributed by atoms with Gasteiger partial charge in [-0.1, -0.05) is 12.8 Å². The van der Waals surface area contributed by atoms with E-state index >= 15 is 0 Å². The van der Waals surface area contributed by atoms with Crippen molar-refractivity contribution in [1.82, 2.24) is 25.5 Å². The highest BCUT2D eigenvalue weighted by atomic mass is 16.1. The van der Waals surface area contributed by atoms with Gasteiger partial charge in [-0.25, -0.2) is 4.68 Å². The lowest BCUT2D eigenvalue weighted by Crippen LogP contribution is -2.23. The third kappa shape index (κ3) is 2.31. The van der Waals surface area contributed by atoms with Crippen molar-refractivity contribution in [1.29, 1.82) is 0 Å². The highest BCUT2D eigenvalue weighted by Crippen LogP contribution is 2.28. The lowest BCUT2D eigenvalue weighted by molar-refractivity contribution is -0.119. The number of aromatic nitrogens is 4. The standard InChI is InChI=1S/C9H15N5O/c1-7(15)10-6-9-11-12-13-14(9)8-4-2-3-5-8/h8H,2-6H2,1H3,(H,10,15). The lowest BCUT2D eigenvalue weighted by Gasteiger charge is -2.10. The third-order valence-corrected chi connectivity index (χ3v) is 2.73. The van der Waals surface area contributed by atoms with Crippen molar-refractivity contribution in [2.45, 2.75) is 45.2 Å². The van der Waals surface area contributed by atoms with Crippen molar-refractivity contribution in [3.63, 3.8) is 0 Å². The van der Waals surface area contributed by atoms with Gasteiger partial charge in [0.1, 0.15) is 0 Å². The van der Waals surface area contributed by atoms with Crippen molar-refractivity contribution in [2.24, 2.45) is 0 Å². The van der Waals surface area contributed by atoms with Gasteiger partial charge >= 0.3 is 0 Å². The molecular weight excluding hydrogens is 194 g/mol. The second kappa shape index (κ2) is 4.37. The van der Waals surface area contributed by atoms with Crippen molar-refractivity contribution >= 4 is 5.91 Å². The average molecular weight is 209 g/mol. The van der Waals surface area contributed by atoms with Gasteiger partial charge < -0.3 is 5.32 Å². The molecule has 0 aromatic carbocycles. The molecule has 15 heavy (non-hydrogen) atoms. The zero-order valence-corrected chi connectivity index (χ0v) is 8.81. The predicted octanol–water partition coefficient (Wildman–Crippen LogP) is 0.424. The van der Waals surface area contributed by atoms with Gasteiger partial charge in [-0.3, -0.25) is 4.79 Å². The fourth-order valence-corrected chi connectivity index (χ4v) is 1.96. The molecule has 1 saturated carbocycles. The second-order valence-electron chi connectivity index (χ2n) is 3.89. The molecule has 0 atom stereocenters. The molecule has 0 aliphatic heterocycles. The molecule has 0 unspecified atom stereocenters. The van der Waals surface area contributed by atoms with E-state index in [9.17, 15) is 4.79 Å². The Bertz CT molecular complexity index is 342. The normalized spacial score (nSPS) is 16.9. The van der Waals surface area contributed by atoms with Crippen LogP contribution in [0.4, 0.5) is 0 Å². The Morgan fingerprint density at radius 1 is 1.53 bits per heavy atom. The summed E-state index contributed by atoms with van der Waals surface area (Å²) in [5.74, 6) is 0.688. The van der Waals surface area contributed by atoms with Crippen LogP contribution in [0.3, 0.4) is 0 Å². The first-order chi connectivity index (χ1) is 7.27. The Morgan fingerprint density at radius 3 is 2.93 bits per heavy atom. The topological polar surface area (TPSA) is 72.7 Å². The molecule has 1 N–H and O–H groups in total. The number of hydrogen-bond acceptors (Lipinski definition) is 4. The zero-order valence-electron chi connectivity index (χ0n) is 8.81. The largest absolute Gasteiger partial charge is 0.349 e. The smallest absolute Gasteiger partial charge is 0.217 e. The number of amides is 1. The van der Waals surface area contributed by atoms with E-state index < -0.39 is 0 Å². The molecule has 2 rings (SSSR count). The van der Waals surface area contributed by atoms with Crippen molar-refractivity contribution in [3.05, 3.63) is 5.82 Å². The molecule has 6 heteroatoms. The fourth-order valence-electron chi connectivity index (χ4n) is 1.96. The van der Waals surface area contributed by atoms with Crippen LogP contribution in [0, 0.1) is 0 Å². The Morgan fingerprint density at radius 2 is 2.27 bits per heavy atom. The molecule has 1 amide bonds. The van der Waals surface area contributed by atoms with Gasteiger partial charge in [-0.05, 0) is 23.3 Å². The Labute approximate surface area is 88.0 Å². The molecule has 0 bridgehead atoms. The molecule has 0 radical (unpaired) electrons. The summed E-state index contributed by atoms with van der Waals surface area (Å²) < 4.78 is 1.85. The number of nitrogens with one attached hydrogen (secondary N) is 1. The quantitative estimate of drug-likeness (QED) is 0.783. The van der Waals surface area contributed by atoms with E-state index in [1.807, 2.05) is 4.68 Å². The summed E-state index contributed by atoms with van der Waals surface area (Å²) in [6.45, 7) is 1.91. The summed E-state index contributed by atoms with van der Waals surface area (Å²) in [6.07, 6.45) is 4.75. The van der Waals surface area contributed by atoms with Crippen LogP contribution in [-0.4, -0.2) is 26.1 Å². The van der Waals surface area contributed by atoms with Crippen LogP contribution in [0.5, 0.6) is 0 Å². The van der Waals surface area contributed by atoms with E-state index in [0.29, 0.717) is 12.6 Å². The molecule has 0 spiro atoms. The molecule has 1 aliphatic rings. The first-order valence-corrected chi connectivity index (χ1v) is 5.28. The van der Waals surface area contributed by atoms with Crippen molar-refractivity contribution in [3.8, 4) is 0 Å². The summed E-state index contributed by atoms with van der Waals surface area (Å²) in [7, 11) is 0. The van der Waals surface area contributed by atoms with Crippen LogP contribution in [-0.2, 0) is 11.3 Å². The highest BCUT2D eigenvalue weighted by molar-refractivity contribution is 5.72. The van der Waals surface area contributed by atoms with E-state index in [1.165, 1.54) is 19.8 Å². The number of rotatable bonds is 3. The molecule has 6 nitrogen and oxygen atoms in total. The number of nitrogens with zero attached hydrogens (tertiary/aromatic N) is 4. The van der Waals surface area contributed by atoms with Crippen LogP contribution >= 0.6 is 0 Å². The van der Waals surface area contributed by atoms with Gasteiger partial charge in [0, 0.05) is 6.92 Å². The predicted molar refractivity (Wildman–Crippen MR) is 52.8 cm³/mol. The minimum Gasteiger partial charge on any atom is -0.349 e. The van der Waals surface area contributed by atoms with Gasteiger partial charge in [0.2, 0.25) is 5.91 Å². The minimum absolute atomic E-state index is 0.0593. The summed E-state index contributed by atoms with van der Waals surface area (Å²) >= 11 is 0. The van der Waals surface area contributed by atoms with E-state index in [-0.39, 0.29) is 5.91 Å². The van der Waals surface area contributed by atoms with E-state index in [4.69, 9.17) is 0 Å². The van der Waals surface area contributed by atoms with Crippen LogP contribution in [0.1, 0.15) is 44.5 Å². The van der Waals surface area contributed by atoms with Gasteiger partial charge in [0.05, 0.1) is 12.6 Å². The van der Waals surface area contributed by atoms with Gasteiger partial charge in [0.25, 0.3) is 0 Å². The highest BCUT2D eigenvalue weighted by Gasteiger charge is 2.21. The first-order valence-electron chi connectivity index (χ1n) is 5.28. The summed E-state index contributed by atoms with van der Waals surface area (Å²) in [5, 5.41) is 14.3. The van der Waals surface area contributed by atoms with E-state index in [2.05, 4.69) is 20.8 Å². The van der Waals surface area contributed by atoms with Gasteiger partial charge in [0.15, 0.2) is 5.82 Å². The van der Waals surface area contributed by atoms with Crippen LogP contribution in [0.2, 0.25) is 0 Å². The molecule has 82 valence electrons. The van der Waals surface area contributed by atoms with E-state index in [0.717, 1.165) is 18.7 Å². The van der Waals surface area contributed by atoms with Gasteiger partial charge in [-0.2, -0.15) is 0 Å². The molecular formula is C9H15N5O. The number of carbonyl (C=O) groups is 1. The number of tetrazole rings is 1. The summed E-state index contributed by atoms with van der Waals surface area (Å²) in [4.78, 5) is 10.8. The molecule has 1 heterocycles. The zero-order chi connectivity index (χ0) is 10.7. The van der Waals surface area contributed by atoms with Crippen LogP contribution in [0.25, 0.3) is 0 Å². The monoisotopic (exact) mass is 209 g/mol. The van der Waals surface area contributed by atoms with Crippen LogP contribution < -0.4 is 5.32 Å². The van der Waals surface area contributed by atoms with Crippen molar-refractivity contribution < 1.29 is 4.79 Å². The Hall–Kier alpha value is -1.46. The molecule has 1 fully saturated rings. The first kappa shape index (κ1) is 10.1. The Balaban J connectivity index is 2.04. The Kier molecular flexibility index (Phi) is 2.94. The molecule has 1 aromatic heterocycles. The van der Waals surface area contributed by atoms with Crippen LogP contribution in [0.15, 0.2) is 0 Å². The number of carbonyl (C=O) groups excluding carboxylic acids is 1. The molecule has 1 aliphatic carbocycles. The van der Waals surface area contributed by atoms with Crippen molar-refractivity contribution in [2.75, 3.05) is 0 Å². The molecule has 0 saturated heterocycles. The van der Waals surface area contributed by atoms with Gasteiger partial charge in [-0.15, -0.1) is 5.10 Å². The summed E-state index contributed by atoms with van der Waals surface area (Å²) in [6, 6.07) is 0.420. The summed E-state index contributed by atoms with van der Waals surface area (Å²) in [5.41, 5.74) is 0. The maximum absolute atomic E-state index is 10.8. The average Bonchev–Trinajstić information content (AvgIpc) is 2.85. The molecule has 1 aromatic rings. The number of hydrogen-bond donors (Lipinski definition) is 1. The maximum atomic E-state index is 10.8. The third-order valence-electron chi connectivity index (χ3n) is 2.73.